The van der Waals surface area contributed by atoms with Crippen molar-refractivity contribution in [3.63, 3.8) is 0 Å². The number of morpholine rings is 1. The van der Waals surface area contributed by atoms with Crippen LogP contribution < -0.4 is 10.6 Å². The van der Waals surface area contributed by atoms with Crippen LogP contribution in [0.3, 0.4) is 0 Å². The van der Waals surface area contributed by atoms with Crippen molar-refractivity contribution >= 4 is 23.4 Å². The Kier molecular flexibility index (Phi) is 3.16. The highest BCUT2D eigenvalue weighted by Crippen LogP contribution is 2.32. The lowest BCUT2D eigenvalue weighted by Crippen LogP contribution is -2.52. The van der Waals surface area contributed by atoms with E-state index in [4.69, 9.17) is 28.0 Å². The number of halogens is 1. The molecule has 0 aromatic heterocycles. The second-order valence-corrected chi connectivity index (χ2v) is 7.69. The Labute approximate surface area is 233 Å². The molecule has 36 heavy (non-hydrogen) atoms. The molecule has 2 fully saturated rings. The number of fused-ring (bicyclic) bond motifs is 1. The Morgan fingerprint density at radius 3 is 2.75 bits per heavy atom. The van der Waals surface area contributed by atoms with E-state index in [1.54, 1.807) is 0 Å². The average Bonchev–Trinajstić information content (AvgIpc) is 3.18. The van der Waals surface area contributed by atoms with Crippen molar-refractivity contribution < 1.29 is 46.8 Å². The molecule has 3 aliphatic heterocycles. The van der Waals surface area contributed by atoms with Gasteiger partial charge in [0.25, 0.3) is 5.91 Å². The van der Waals surface area contributed by atoms with Gasteiger partial charge in [-0.3, -0.25) is 24.6 Å². The largest absolute Gasteiger partial charge is 0.381 e. The highest BCUT2D eigenvalue weighted by atomic mass is 19.1. The number of carbonyl (C=O) groups is 3. The van der Waals surface area contributed by atoms with Gasteiger partial charge in [0.1, 0.15) is 11.8 Å². The molecule has 3 unspecified atom stereocenters. The van der Waals surface area contributed by atoms with Crippen LogP contribution in [0.25, 0.3) is 0 Å². The topological polar surface area (TPSA) is 91.0 Å². The second kappa shape index (κ2) is 9.99. The van der Waals surface area contributed by atoms with Crippen molar-refractivity contribution in [3.05, 3.63) is 64.5 Å². The molecule has 3 amide bonds. The lowest BCUT2D eigenvalue weighted by molar-refractivity contribution is -0.136. The number of hydrogen-bond acceptors (Lipinski definition) is 6. The predicted octanol–water partition coefficient (Wildman–Crippen LogP) is 2.81. The molecular weight excluding hydrogens is 463 g/mol. The number of piperidine rings is 1. The first-order valence-corrected chi connectivity index (χ1v) is 10.5. The first-order valence-electron chi connectivity index (χ1n) is 19.0. The lowest BCUT2D eigenvalue weighted by atomic mass is 10.0. The zero-order chi connectivity index (χ0) is 40.7. The van der Waals surface area contributed by atoms with Crippen LogP contribution in [-0.2, 0) is 33.8 Å². The van der Waals surface area contributed by atoms with Crippen LogP contribution in [0.1, 0.15) is 76.9 Å². The maximum absolute atomic E-state index is 15.8. The molecule has 3 heterocycles. The Bertz CT molecular complexity index is 1920. The van der Waals surface area contributed by atoms with Gasteiger partial charge in [0.05, 0.1) is 21.8 Å². The molecule has 0 spiro atoms. The van der Waals surface area contributed by atoms with Gasteiger partial charge >= 0.3 is 0 Å². The van der Waals surface area contributed by atoms with E-state index in [0.29, 0.717) is 12.1 Å². The van der Waals surface area contributed by atoms with Crippen molar-refractivity contribution in [2.24, 2.45) is 0 Å². The van der Waals surface area contributed by atoms with Crippen molar-refractivity contribution in [3.8, 4) is 0 Å². The monoisotopic (exact) mass is 511 g/mol. The molecule has 5 rings (SSSR count). The van der Waals surface area contributed by atoms with Crippen LogP contribution in [0.4, 0.5) is 10.1 Å². The molecule has 0 bridgehead atoms. The molecule has 0 radical (unpaired) electrons. The summed E-state index contributed by atoms with van der Waals surface area (Å²) >= 11 is 0. The van der Waals surface area contributed by atoms with Crippen molar-refractivity contribution in [1.82, 2.24) is 15.1 Å². The van der Waals surface area contributed by atoms with Gasteiger partial charge < -0.3 is 15.0 Å². The summed E-state index contributed by atoms with van der Waals surface area (Å²) in [4.78, 5) is 38.5. The molecule has 0 aliphatic carbocycles. The minimum Gasteiger partial charge on any atom is -0.381 e. The molecule has 2 saturated heterocycles. The van der Waals surface area contributed by atoms with E-state index in [1.807, 2.05) is 0 Å². The molecule has 3 atom stereocenters. The summed E-state index contributed by atoms with van der Waals surface area (Å²) in [5.41, 5.74) is -3.65. The minimum atomic E-state index is -3.85. The van der Waals surface area contributed by atoms with E-state index in [-0.39, 0.29) is 9.80 Å². The number of amides is 3. The van der Waals surface area contributed by atoms with Crippen LogP contribution >= 0.6 is 0 Å². The maximum atomic E-state index is 15.8. The number of anilines is 1. The van der Waals surface area contributed by atoms with Crippen LogP contribution in [0.15, 0.2) is 36.4 Å². The van der Waals surface area contributed by atoms with E-state index in [2.05, 4.69) is 5.32 Å². The molecule has 8 nitrogen and oxygen atoms in total. The number of nitrogens with one attached hydrogen (secondary N) is 2. The van der Waals surface area contributed by atoms with Gasteiger partial charge in [-0.15, -0.1) is 0 Å². The first kappa shape index (κ1) is 11.4. The summed E-state index contributed by atoms with van der Waals surface area (Å²) in [5, 5.41) is 3.67. The lowest BCUT2D eigenvalue weighted by Gasteiger charge is -2.35. The third-order valence-corrected chi connectivity index (χ3v) is 5.07. The normalized spacial score (nSPS) is 45.5. The van der Waals surface area contributed by atoms with E-state index >= 15 is 4.39 Å². The van der Waals surface area contributed by atoms with Gasteiger partial charge in [0.15, 0.2) is 0 Å². The van der Waals surface area contributed by atoms with E-state index in [0.717, 1.165) is 38.1 Å². The van der Waals surface area contributed by atoms with Crippen LogP contribution in [0.5, 0.6) is 0 Å². The SMILES string of the molecule is [2H]C([2H])(Nc1cccc2c1C([2H])([2H])N(C1([2H])C(=O)NC(=O)C([2H])([2H])C1([2H])[2H])C2=O)c1ccc(C([2H])([2H])N2C([2H])([2H])C([2H])(C)OC([2H])(C)C2([2H])[2H])cc1F. The number of ether oxygens (including phenoxy) is 1. The van der Waals surface area contributed by atoms with Crippen LogP contribution in [0.2, 0.25) is 0 Å². The van der Waals surface area contributed by atoms with Gasteiger partial charge in [0, 0.05) is 74.9 Å². The number of rotatable bonds is 6. The van der Waals surface area contributed by atoms with Crippen LogP contribution in [-0.4, -0.2) is 58.7 Å². The van der Waals surface area contributed by atoms with Crippen LogP contribution in [0, 0.1) is 5.82 Å². The van der Waals surface area contributed by atoms with Gasteiger partial charge in [-0.05, 0) is 44.0 Å². The fourth-order valence-corrected chi connectivity index (χ4v) is 3.54. The number of nitrogens with zero attached hydrogens (tertiary/aromatic N) is 2. The summed E-state index contributed by atoms with van der Waals surface area (Å²) in [6, 6.07) is 1.26. The standard InChI is InChI=1S/C27H31FN4O4/c1-16-12-31(13-17(2)36-16)14-18-6-7-19(22(28)10-18)11-29-23-5-3-4-20-21(23)15-32(27(20)35)24-8-9-25(33)30-26(24)34/h3-7,10,16-17,24,29H,8-9,11-15H2,1-2H3,(H,30,33,34)/i8D2,9D2,11D2,12D2,13D2,14D2,15D2,16D,17D,24D. The second-order valence-electron chi connectivity index (χ2n) is 7.69. The summed E-state index contributed by atoms with van der Waals surface area (Å²) in [7, 11) is 0. The van der Waals surface area contributed by atoms with Gasteiger partial charge in [-0.1, -0.05) is 18.2 Å². The Morgan fingerprint density at radius 2 is 2.00 bits per heavy atom. The molecule has 2 aromatic carbocycles. The third-order valence-electron chi connectivity index (χ3n) is 5.07. The van der Waals surface area contributed by atoms with Gasteiger partial charge in [0.2, 0.25) is 11.8 Å². The number of carbonyl (C=O) groups excluding carboxylic acids is 3. The van der Waals surface area contributed by atoms with Crippen molar-refractivity contribution in [2.75, 3.05) is 18.3 Å². The molecule has 0 saturated carbocycles. The first-order chi connectivity index (χ1) is 23.6. The Hall–Kier alpha value is -3.30. The molecule has 190 valence electrons. The Morgan fingerprint density at radius 1 is 1.22 bits per heavy atom. The highest BCUT2D eigenvalue weighted by molar-refractivity contribution is 6.06. The Balaban J connectivity index is 1.55. The molecule has 2 N–H and O–H groups in total. The van der Waals surface area contributed by atoms with E-state index in [1.165, 1.54) is 5.32 Å². The summed E-state index contributed by atoms with van der Waals surface area (Å²) in [6.07, 6.45) is -12.9. The molecular formula is C27H31FN4O4. The van der Waals surface area contributed by atoms with Gasteiger partial charge in [-0.2, -0.15) is 0 Å². The third kappa shape index (κ3) is 4.99. The van der Waals surface area contributed by atoms with Crippen molar-refractivity contribution in [1.29, 1.82) is 0 Å². The van der Waals surface area contributed by atoms with E-state index in [9.17, 15) is 14.4 Å². The fourth-order valence-electron chi connectivity index (χ4n) is 3.54. The highest BCUT2D eigenvalue weighted by Gasteiger charge is 2.39. The summed E-state index contributed by atoms with van der Waals surface area (Å²) in [5.74, 6) is -6.65. The smallest absolute Gasteiger partial charge is 0.255 e. The average molecular weight is 512 g/mol. The quantitative estimate of drug-likeness (QED) is 0.580. The van der Waals surface area contributed by atoms with Gasteiger partial charge in [-0.25, -0.2) is 4.39 Å². The molecule has 3 aliphatic rings. The van der Waals surface area contributed by atoms with Crippen molar-refractivity contribution in [2.45, 2.75) is 64.3 Å². The minimum absolute atomic E-state index is 0.0780. The number of imide groups is 1. The maximum Gasteiger partial charge on any atom is 0.255 e. The summed E-state index contributed by atoms with van der Waals surface area (Å²) in [6.45, 7) is -14.7. The molecule has 9 heteroatoms. The fraction of sp³-hybridized carbons (Fsp3) is 0.444. The van der Waals surface area contributed by atoms with E-state index < -0.39 is 115 Å². The number of benzene rings is 2. The zero-order valence-electron chi connectivity index (χ0n) is 35.9. The molecule has 2 aromatic rings. The summed E-state index contributed by atoms with van der Waals surface area (Å²) < 4.78 is 164. The number of hydrogen-bond donors (Lipinski definition) is 2. The zero-order valence-corrected chi connectivity index (χ0v) is 18.9. The predicted molar refractivity (Wildman–Crippen MR) is 131 cm³/mol.